The second-order valence-electron chi connectivity index (χ2n) is 9.78. The first-order valence-electron chi connectivity index (χ1n) is 13.0. The van der Waals surface area contributed by atoms with Crippen LogP contribution in [0.1, 0.15) is 49.7 Å². The monoisotopic (exact) mass is 468 g/mol. The molecule has 182 valence electrons. The van der Waals surface area contributed by atoms with E-state index in [-0.39, 0.29) is 0 Å². The van der Waals surface area contributed by atoms with Crippen molar-refractivity contribution in [1.29, 1.82) is 0 Å². The van der Waals surface area contributed by atoms with Gasteiger partial charge in [0.1, 0.15) is 5.75 Å². The minimum absolute atomic E-state index is 0.380. The maximum Gasteiger partial charge on any atom is 0.217 e. The SMILES string of the molecule is COc1ncccc1CN1CCC(/C=C/c2ccccc2-c2cccc(OC3CCCC3)c2)CC1. The van der Waals surface area contributed by atoms with Gasteiger partial charge in [0.25, 0.3) is 0 Å². The fourth-order valence-electron chi connectivity index (χ4n) is 5.35. The van der Waals surface area contributed by atoms with Gasteiger partial charge in [0.2, 0.25) is 5.88 Å². The number of benzene rings is 2. The molecule has 0 amide bonds. The van der Waals surface area contributed by atoms with E-state index in [2.05, 4.69) is 76.6 Å². The maximum absolute atomic E-state index is 6.27. The molecule has 2 fully saturated rings. The number of methoxy groups -OCH3 is 1. The van der Waals surface area contributed by atoms with Gasteiger partial charge in [-0.3, -0.25) is 4.90 Å². The summed E-state index contributed by atoms with van der Waals surface area (Å²) < 4.78 is 11.7. The fraction of sp³-hybridized carbons (Fsp3) is 0.387. The van der Waals surface area contributed by atoms with Gasteiger partial charge in [-0.1, -0.05) is 54.6 Å². The molecular weight excluding hydrogens is 432 g/mol. The number of allylic oxidation sites excluding steroid dienone is 1. The van der Waals surface area contributed by atoms with Crippen LogP contribution in [0.15, 0.2) is 72.9 Å². The first-order valence-corrected chi connectivity index (χ1v) is 13.0. The molecule has 0 radical (unpaired) electrons. The van der Waals surface area contributed by atoms with E-state index in [4.69, 9.17) is 9.47 Å². The maximum atomic E-state index is 6.27. The van der Waals surface area contributed by atoms with Crippen molar-refractivity contribution in [1.82, 2.24) is 9.88 Å². The van der Waals surface area contributed by atoms with Crippen LogP contribution in [0.4, 0.5) is 0 Å². The van der Waals surface area contributed by atoms with Crippen molar-refractivity contribution >= 4 is 6.08 Å². The number of rotatable bonds is 8. The number of pyridine rings is 1. The van der Waals surface area contributed by atoms with Crippen molar-refractivity contribution in [3.63, 3.8) is 0 Å². The van der Waals surface area contributed by atoms with Gasteiger partial charge in [-0.05, 0) is 92.4 Å². The Kier molecular flexibility index (Phi) is 7.79. The highest BCUT2D eigenvalue weighted by Crippen LogP contribution is 2.31. The fourth-order valence-corrected chi connectivity index (χ4v) is 5.35. The predicted molar refractivity (Wildman–Crippen MR) is 143 cm³/mol. The summed E-state index contributed by atoms with van der Waals surface area (Å²) in [5.41, 5.74) is 4.92. The average molecular weight is 469 g/mol. The molecule has 1 aliphatic heterocycles. The van der Waals surface area contributed by atoms with Gasteiger partial charge in [-0.15, -0.1) is 0 Å². The van der Waals surface area contributed by atoms with E-state index in [1.54, 1.807) is 13.3 Å². The van der Waals surface area contributed by atoms with Gasteiger partial charge < -0.3 is 9.47 Å². The molecule has 1 saturated carbocycles. The van der Waals surface area contributed by atoms with Crippen LogP contribution in [0, 0.1) is 5.92 Å². The summed E-state index contributed by atoms with van der Waals surface area (Å²) in [6.07, 6.45) is 14.2. The molecule has 4 heteroatoms. The second-order valence-corrected chi connectivity index (χ2v) is 9.78. The number of likely N-dealkylation sites (tertiary alicyclic amines) is 1. The van der Waals surface area contributed by atoms with Crippen LogP contribution in [0.2, 0.25) is 0 Å². The molecule has 0 atom stereocenters. The average Bonchev–Trinajstić information content (AvgIpc) is 3.42. The lowest BCUT2D eigenvalue weighted by molar-refractivity contribution is 0.193. The van der Waals surface area contributed by atoms with Crippen LogP contribution >= 0.6 is 0 Å². The molecule has 1 aromatic heterocycles. The molecule has 35 heavy (non-hydrogen) atoms. The lowest BCUT2D eigenvalue weighted by Crippen LogP contribution is -2.32. The summed E-state index contributed by atoms with van der Waals surface area (Å²) in [6, 6.07) is 21.4. The molecule has 0 spiro atoms. The second kappa shape index (κ2) is 11.5. The van der Waals surface area contributed by atoms with Crippen molar-refractivity contribution in [2.45, 2.75) is 51.2 Å². The van der Waals surface area contributed by atoms with Gasteiger partial charge in [0.15, 0.2) is 0 Å². The zero-order chi connectivity index (χ0) is 23.9. The molecule has 2 heterocycles. The van der Waals surface area contributed by atoms with Gasteiger partial charge in [0, 0.05) is 18.3 Å². The summed E-state index contributed by atoms with van der Waals surface area (Å²) >= 11 is 0. The quantitative estimate of drug-likeness (QED) is 0.356. The van der Waals surface area contributed by atoms with Crippen molar-refractivity contribution in [3.05, 3.63) is 84.1 Å². The highest BCUT2D eigenvalue weighted by Gasteiger charge is 2.19. The van der Waals surface area contributed by atoms with Crippen LogP contribution in [-0.4, -0.2) is 36.2 Å². The molecule has 0 bridgehead atoms. The summed E-state index contributed by atoms with van der Waals surface area (Å²) in [6.45, 7) is 3.08. The Balaban J connectivity index is 1.22. The van der Waals surface area contributed by atoms with E-state index in [9.17, 15) is 0 Å². The van der Waals surface area contributed by atoms with Gasteiger partial charge >= 0.3 is 0 Å². The Morgan fingerprint density at radius 3 is 2.60 bits per heavy atom. The summed E-state index contributed by atoms with van der Waals surface area (Å²) in [4.78, 5) is 6.84. The highest BCUT2D eigenvalue weighted by molar-refractivity contribution is 5.76. The molecular formula is C31H36N2O2. The summed E-state index contributed by atoms with van der Waals surface area (Å²) in [5.74, 6) is 2.33. The normalized spacial score (nSPS) is 17.7. The van der Waals surface area contributed by atoms with E-state index >= 15 is 0 Å². The smallest absolute Gasteiger partial charge is 0.217 e. The van der Waals surface area contributed by atoms with Crippen LogP contribution in [0.25, 0.3) is 17.2 Å². The van der Waals surface area contributed by atoms with E-state index < -0.39 is 0 Å². The van der Waals surface area contributed by atoms with E-state index in [1.807, 2.05) is 6.07 Å². The largest absolute Gasteiger partial charge is 0.490 e. The number of hydrogen-bond acceptors (Lipinski definition) is 4. The molecule has 3 aromatic rings. The van der Waals surface area contributed by atoms with Crippen LogP contribution in [0.5, 0.6) is 11.6 Å². The number of nitrogens with zero attached hydrogens (tertiary/aromatic N) is 2. The molecule has 0 unspecified atom stereocenters. The van der Waals surface area contributed by atoms with Crippen LogP contribution in [-0.2, 0) is 6.54 Å². The molecule has 2 aromatic carbocycles. The molecule has 5 rings (SSSR count). The minimum Gasteiger partial charge on any atom is -0.490 e. The van der Waals surface area contributed by atoms with E-state index in [0.29, 0.717) is 12.0 Å². The van der Waals surface area contributed by atoms with Crippen LogP contribution < -0.4 is 9.47 Å². The Hall–Kier alpha value is -3.11. The molecule has 1 saturated heterocycles. The van der Waals surface area contributed by atoms with Crippen LogP contribution in [0.3, 0.4) is 0 Å². The van der Waals surface area contributed by atoms with Crippen molar-refractivity contribution < 1.29 is 9.47 Å². The summed E-state index contributed by atoms with van der Waals surface area (Å²) in [7, 11) is 1.69. The Morgan fingerprint density at radius 1 is 0.943 bits per heavy atom. The van der Waals surface area contributed by atoms with E-state index in [0.717, 1.165) is 36.8 Å². The zero-order valence-electron chi connectivity index (χ0n) is 20.7. The standard InChI is InChI=1S/C31H36N2O2/c1-34-31-27(10-7-19-32-31)23-33-20-17-24(18-21-33)15-16-25-8-2-5-14-30(25)26-9-6-13-29(22-26)35-28-11-3-4-12-28/h2,5-10,13-16,19,22,24,28H,3-4,11-12,17-18,20-21,23H2,1H3/b16-15+. The third-order valence-corrected chi connectivity index (χ3v) is 7.33. The van der Waals surface area contributed by atoms with Crippen molar-refractivity contribution in [3.8, 4) is 22.8 Å². The lowest BCUT2D eigenvalue weighted by Gasteiger charge is -2.30. The molecule has 2 aliphatic rings. The molecule has 1 aliphatic carbocycles. The number of ether oxygens (including phenoxy) is 2. The number of aromatic nitrogens is 1. The third-order valence-electron chi connectivity index (χ3n) is 7.33. The Morgan fingerprint density at radius 2 is 1.77 bits per heavy atom. The van der Waals surface area contributed by atoms with Crippen molar-refractivity contribution in [2.75, 3.05) is 20.2 Å². The van der Waals surface area contributed by atoms with Gasteiger partial charge in [-0.2, -0.15) is 0 Å². The first kappa shape index (κ1) is 23.6. The number of piperidine rings is 1. The van der Waals surface area contributed by atoms with Gasteiger partial charge in [-0.25, -0.2) is 4.98 Å². The lowest BCUT2D eigenvalue weighted by atomic mass is 9.93. The van der Waals surface area contributed by atoms with Crippen molar-refractivity contribution in [2.24, 2.45) is 5.92 Å². The third kappa shape index (κ3) is 6.12. The topological polar surface area (TPSA) is 34.6 Å². The molecule has 0 N–H and O–H groups in total. The molecule has 4 nitrogen and oxygen atoms in total. The van der Waals surface area contributed by atoms with E-state index in [1.165, 1.54) is 55.2 Å². The minimum atomic E-state index is 0.380. The Labute approximate surface area is 209 Å². The first-order chi connectivity index (χ1) is 17.3. The number of hydrogen-bond donors (Lipinski definition) is 0. The van der Waals surface area contributed by atoms with Gasteiger partial charge in [0.05, 0.1) is 13.2 Å². The Bertz CT molecular complexity index is 1130. The predicted octanol–water partition coefficient (Wildman–Crippen LogP) is 7.00. The zero-order valence-corrected chi connectivity index (χ0v) is 20.7. The summed E-state index contributed by atoms with van der Waals surface area (Å²) in [5, 5.41) is 0. The highest BCUT2D eigenvalue weighted by atomic mass is 16.5.